The summed E-state index contributed by atoms with van der Waals surface area (Å²) >= 11 is 3.36. The first-order chi connectivity index (χ1) is 11.6. The van der Waals surface area contributed by atoms with Crippen molar-refractivity contribution in [1.29, 1.82) is 0 Å². The number of carbonyl (C=O) groups is 2. The third kappa shape index (κ3) is 2.47. The van der Waals surface area contributed by atoms with Crippen molar-refractivity contribution < 1.29 is 9.59 Å². The molecule has 1 aliphatic heterocycles. The Labute approximate surface area is 147 Å². The van der Waals surface area contributed by atoms with Crippen LogP contribution in [0, 0.1) is 0 Å². The summed E-state index contributed by atoms with van der Waals surface area (Å²) in [5, 5.41) is 4.75. The van der Waals surface area contributed by atoms with E-state index in [1.807, 2.05) is 54.6 Å². The normalized spacial score (nSPS) is 12.7. The van der Waals surface area contributed by atoms with Gasteiger partial charge in [0.1, 0.15) is 6.54 Å². The van der Waals surface area contributed by atoms with E-state index in [4.69, 9.17) is 0 Å². The van der Waals surface area contributed by atoms with Gasteiger partial charge in [0.25, 0.3) is 5.91 Å². The maximum atomic E-state index is 12.6. The highest BCUT2D eigenvalue weighted by atomic mass is 79.9. The number of anilines is 2. The largest absolute Gasteiger partial charge is 0.325 e. The molecule has 0 bridgehead atoms. The monoisotopic (exact) mass is 380 g/mol. The molecular formula is C19H13BrN2O2. The maximum absolute atomic E-state index is 12.6. The Kier molecular flexibility index (Phi) is 3.58. The molecule has 3 aromatic rings. The van der Waals surface area contributed by atoms with Crippen molar-refractivity contribution in [2.24, 2.45) is 0 Å². The first-order valence-electron chi connectivity index (χ1n) is 7.52. The van der Waals surface area contributed by atoms with E-state index in [9.17, 15) is 9.59 Å². The first-order valence-corrected chi connectivity index (χ1v) is 8.32. The molecule has 1 heterocycles. The average molecular weight is 381 g/mol. The van der Waals surface area contributed by atoms with Gasteiger partial charge in [0.15, 0.2) is 0 Å². The van der Waals surface area contributed by atoms with Crippen LogP contribution in [0.4, 0.5) is 11.4 Å². The standard InChI is InChI=1S/C19H13BrN2O2/c20-13-7-9-14(10-8-13)21-17(23)11-22-16-6-2-4-12-3-1-5-15(18(12)16)19(22)24/h1-10H,11H2,(H,21,23). The summed E-state index contributed by atoms with van der Waals surface area (Å²) in [5.41, 5.74) is 2.14. The molecule has 2 amide bonds. The maximum Gasteiger partial charge on any atom is 0.259 e. The number of carbonyl (C=O) groups excluding carboxylic acids is 2. The number of hydrogen-bond donors (Lipinski definition) is 1. The molecule has 0 fully saturated rings. The molecule has 0 atom stereocenters. The van der Waals surface area contributed by atoms with Gasteiger partial charge < -0.3 is 5.32 Å². The predicted octanol–water partition coefficient (Wildman–Crippen LogP) is 4.20. The highest BCUT2D eigenvalue weighted by Gasteiger charge is 2.30. The van der Waals surface area contributed by atoms with Crippen molar-refractivity contribution in [3.8, 4) is 0 Å². The number of nitrogens with one attached hydrogen (secondary N) is 1. The average Bonchev–Trinajstić information content (AvgIpc) is 2.85. The molecule has 3 aromatic carbocycles. The van der Waals surface area contributed by atoms with Gasteiger partial charge in [-0.15, -0.1) is 0 Å². The Hall–Kier alpha value is -2.66. The van der Waals surface area contributed by atoms with Crippen LogP contribution in [0.25, 0.3) is 10.8 Å². The van der Waals surface area contributed by atoms with Crippen LogP contribution in [0.5, 0.6) is 0 Å². The third-order valence-corrected chi connectivity index (χ3v) is 4.61. The number of halogens is 1. The Morgan fingerprint density at radius 3 is 2.46 bits per heavy atom. The van der Waals surface area contributed by atoms with Crippen LogP contribution < -0.4 is 10.2 Å². The molecule has 0 aliphatic carbocycles. The lowest BCUT2D eigenvalue weighted by atomic mass is 10.1. The van der Waals surface area contributed by atoms with Crippen LogP contribution in [0.15, 0.2) is 65.1 Å². The van der Waals surface area contributed by atoms with Crippen molar-refractivity contribution >= 4 is 49.9 Å². The molecule has 0 spiro atoms. The lowest BCUT2D eigenvalue weighted by Gasteiger charge is -2.17. The molecule has 5 heteroatoms. The molecule has 1 N–H and O–H groups in total. The fourth-order valence-electron chi connectivity index (χ4n) is 3.01. The van der Waals surface area contributed by atoms with E-state index in [-0.39, 0.29) is 18.4 Å². The van der Waals surface area contributed by atoms with E-state index < -0.39 is 0 Å². The Morgan fingerprint density at radius 2 is 1.71 bits per heavy atom. The van der Waals surface area contributed by atoms with Gasteiger partial charge in [0.05, 0.1) is 5.69 Å². The van der Waals surface area contributed by atoms with E-state index in [0.29, 0.717) is 11.3 Å². The minimum Gasteiger partial charge on any atom is -0.325 e. The third-order valence-electron chi connectivity index (χ3n) is 4.08. The van der Waals surface area contributed by atoms with Gasteiger partial charge in [-0.25, -0.2) is 0 Å². The number of nitrogens with zero attached hydrogens (tertiary/aromatic N) is 1. The molecule has 0 radical (unpaired) electrons. The molecule has 1 aliphatic rings. The van der Waals surface area contributed by atoms with Crippen molar-refractivity contribution in [2.45, 2.75) is 0 Å². The fraction of sp³-hybridized carbons (Fsp3) is 0.0526. The Morgan fingerprint density at radius 1 is 1.00 bits per heavy atom. The Balaban J connectivity index is 1.60. The molecule has 0 aromatic heterocycles. The van der Waals surface area contributed by atoms with Crippen LogP contribution in [0.1, 0.15) is 10.4 Å². The lowest BCUT2D eigenvalue weighted by molar-refractivity contribution is -0.114. The Bertz CT molecular complexity index is 962. The number of benzene rings is 3. The quantitative estimate of drug-likeness (QED) is 0.739. The van der Waals surface area contributed by atoms with Crippen LogP contribution in [0.2, 0.25) is 0 Å². The van der Waals surface area contributed by atoms with Crippen LogP contribution in [-0.4, -0.2) is 18.4 Å². The summed E-state index contributed by atoms with van der Waals surface area (Å²) in [6.07, 6.45) is 0. The van der Waals surface area contributed by atoms with Crippen LogP contribution in [-0.2, 0) is 4.79 Å². The minimum absolute atomic E-state index is 0.0112. The van der Waals surface area contributed by atoms with Gasteiger partial charge in [-0.3, -0.25) is 14.5 Å². The van der Waals surface area contributed by atoms with E-state index in [0.717, 1.165) is 20.9 Å². The van der Waals surface area contributed by atoms with Crippen molar-refractivity contribution in [1.82, 2.24) is 0 Å². The molecule has 0 unspecified atom stereocenters. The van der Waals surface area contributed by atoms with Crippen molar-refractivity contribution in [3.63, 3.8) is 0 Å². The smallest absolute Gasteiger partial charge is 0.259 e. The van der Waals surface area contributed by atoms with Gasteiger partial charge in [-0.2, -0.15) is 0 Å². The summed E-state index contributed by atoms with van der Waals surface area (Å²) in [7, 11) is 0. The molecule has 0 saturated carbocycles. The van der Waals surface area contributed by atoms with Crippen molar-refractivity contribution in [3.05, 3.63) is 70.7 Å². The summed E-state index contributed by atoms with van der Waals surface area (Å²) < 4.78 is 0.942. The second-order valence-electron chi connectivity index (χ2n) is 5.63. The van der Waals surface area contributed by atoms with Gasteiger partial charge in [-0.05, 0) is 41.8 Å². The first kappa shape index (κ1) is 14.9. The van der Waals surface area contributed by atoms with Gasteiger partial charge >= 0.3 is 0 Å². The molecule has 24 heavy (non-hydrogen) atoms. The minimum atomic E-state index is -0.226. The van der Waals surface area contributed by atoms with Crippen LogP contribution in [0.3, 0.4) is 0 Å². The van der Waals surface area contributed by atoms with Gasteiger partial charge in [-0.1, -0.05) is 40.2 Å². The fourth-order valence-corrected chi connectivity index (χ4v) is 3.28. The highest BCUT2D eigenvalue weighted by Crippen LogP contribution is 2.36. The van der Waals surface area contributed by atoms with E-state index >= 15 is 0 Å². The zero-order valence-corrected chi connectivity index (χ0v) is 14.2. The highest BCUT2D eigenvalue weighted by molar-refractivity contribution is 9.10. The van der Waals surface area contributed by atoms with E-state index in [1.165, 1.54) is 4.90 Å². The van der Waals surface area contributed by atoms with E-state index in [2.05, 4.69) is 21.2 Å². The summed E-state index contributed by atoms with van der Waals surface area (Å²) in [6, 6.07) is 18.7. The van der Waals surface area contributed by atoms with Gasteiger partial charge in [0.2, 0.25) is 5.91 Å². The second kappa shape index (κ2) is 5.76. The summed E-state index contributed by atoms with van der Waals surface area (Å²) in [5.74, 6) is -0.358. The lowest BCUT2D eigenvalue weighted by Crippen LogP contribution is -2.35. The predicted molar refractivity (Wildman–Crippen MR) is 98.4 cm³/mol. The SMILES string of the molecule is O=C(CN1C(=O)c2cccc3cccc1c23)Nc1ccc(Br)cc1. The number of hydrogen-bond acceptors (Lipinski definition) is 2. The van der Waals surface area contributed by atoms with Crippen molar-refractivity contribution in [2.75, 3.05) is 16.8 Å². The molecule has 0 saturated heterocycles. The molecule has 4 nitrogen and oxygen atoms in total. The molecular weight excluding hydrogens is 368 g/mol. The topological polar surface area (TPSA) is 49.4 Å². The van der Waals surface area contributed by atoms with Gasteiger partial charge in [0, 0.05) is 21.1 Å². The number of rotatable bonds is 3. The number of amides is 2. The zero-order valence-electron chi connectivity index (χ0n) is 12.6. The summed E-state index contributed by atoms with van der Waals surface area (Å²) in [4.78, 5) is 26.5. The second-order valence-corrected chi connectivity index (χ2v) is 6.54. The summed E-state index contributed by atoms with van der Waals surface area (Å²) in [6.45, 7) is -0.0112. The van der Waals surface area contributed by atoms with Crippen LogP contribution >= 0.6 is 15.9 Å². The van der Waals surface area contributed by atoms with E-state index in [1.54, 1.807) is 6.07 Å². The molecule has 4 rings (SSSR count). The zero-order chi connectivity index (χ0) is 16.7. The molecule has 118 valence electrons.